The summed E-state index contributed by atoms with van der Waals surface area (Å²) < 4.78 is 27.2. The Labute approximate surface area is 131 Å². The molecule has 3 nitrogen and oxygen atoms in total. The Morgan fingerprint density at radius 1 is 1.10 bits per heavy atom. The van der Waals surface area contributed by atoms with Gasteiger partial charge in [-0.2, -0.15) is 0 Å². The molecule has 0 heterocycles. The van der Waals surface area contributed by atoms with Gasteiger partial charge in [-0.3, -0.25) is 0 Å². The van der Waals surface area contributed by atoms with Gasteiger partial charge in [0.2, 0.25) is 10.0 Å². The van der Waals surface area contributed by atoms with Crippen molar-refractivity contribution in [2.75, 3.05) is 0 Å². The average molecular weight is 362 g/mol. The molecule has 1 rings (SSSR count). The molecule has 0 amide bonds. The van der Waals surface area contributed by atoms with Crippen molar-refractivity contribution in [3.63, 3.8) is 0 Å². The maximum atomic E-state index is 12.2. The third-order valence-electron chi connectivity index (χ3n) is 3.16. The highest BCUT2D eigenvalue weighted by atomic mass is 79.9. The molecule has 1 N–H and O–H groups in total. The Bertz CT molecular complexity index is 497. The zero-order valence-electron chi connectivity index (χ0n) is 12.4. The van der Waals surface area contributed by atoms with Gasteiger partial charge in [0.05, 0.1) is 4.90 Å². The van der Waals surface area contributed by atoms with Gasteiger partial charge in [0.25, 0.3) is 0 Å². The van der Waals surface area contributed by atoms with Crippen LogP contribution in [-0.2, 0) is 15.4 Å². The van der Waals surface area contributed by atoms with Crippen LogP contribution in [0.4, 0.5) is 0 Å². The van der Waals surface area contributed by atoms with E-state index in [0.29, 0.717) is 10.8 Å². The molecule has 0 radical (unpaired) electrons. The van der Waals surface area contributed by atoms with Crippen molar-refractivity contribution < 1.29 is 8.42 Å². The van der Waals surface area contributed by atoms with Crippen LogP contribution in [0.2, 0.25) is 0 Å². The summed E-state index contributed by atoms with van der Waals surface area (Å²) in [7, 11) is -3.40. The lowest BCUT2D eigenvalue weighted by Gasteiger charge is -2.15. The Morgan fingerprint density at radius 2 is 1.70 bits per heavy atom. The molecule has 0 aromatic heterocycles. The van der Waals surface area contributed by atoms with Crippen LogP contribution in [0.5, 0.6) is 0 Å². The van der Waals surface area contributed by atoms with Gasteiger partial charge < -0.3 is 0 Å². The summed E-state index contributed by atoms with van der Waals surface area (Å²) in [5.41, 5.74) is 1.06. The topological polar surface area (TPSA) is 46.2 Å². The minimum atomic E-state index is -3.40. The van der Waals surface area contributed by atoms with Crippen molar-refractivity contribution in [1.29, 1.82) is 0 Å². The second kappa shape index (κ2) is 8.15. The summed E-state index contributed by atoms with van der Waals surface area (Å²) in [5, 5.41) is 0.729. The zero-order valence-corrected chi connectivity index (χ0v) is 14.8. The molecular formula is C15H24BrNO2S. The molecule has 1 aromatic rings. The van der Waals surface area contributed by atoms with E-state index in [0.717, 1.165) is 30.2 Å². The summed E-state index contributed by atoms with van der Waals surface area (Å²) in [5.74, 6) is 0.663. The van der Waals surface area contributed by atoms with Crippen molar-refractivity contribution in [1.82, 2.24) is 4.72 Å². The first-order valence-electron chi connectivity index (χ1n) is 7.02. The quantitative estimate of drug-likeness (QED) is 0.709. The lowest BCUT2D eigenvalue weighted by molar-refractivity contribution is 0.488. The number of sulfonamides is 1. The first-order valence-corrected chi connectivity index (χ1v) is 9.63. The van der Waals surface area contributed by atoms with E-state index in [9.17, 15) is 8.42 Å². The molecule has 0 saturated heterocycles. The minimum Gasteiger partial charge on any atom is -0.208 e. The summed E-state index contributed by atoms with van der Waals surface area (Å²) in [4.78, 5) is 0.331. The Morgan fingerprint density at radius 3 is 2.20 bits per heavy atom. The van der Waals surface area contributed by atoms with Crippen molar-refractivity contribution in [2.24, 2.45) is 5.92 Å². The van der Waals surface area contributed by atoms with Crippen LogP contribution in [0.3, 0.4) is 0 Å². The van der Waals surface area contributed by atoms with Crippen LogP contribution in [0.1, 0.15) is 45.6 Å². The molecule has 1 atom stereocenters. The number of hydrogen-bond donors (Lipinski definition) is 1. The van der Waals surface area contributed by atoms with E-state index < -0.39 is 10.0 Å². The molecular weight excluding hydrogens is 338 g/mol. The van der Waals surface area contributed by atoms with Crippen LogP contribution in [0.15, 0.2) is 29.2 Å². The van der Waals surface area contributed by atoms with Gasteiger partial charge in [0.1, 0.15) is 0 Å². The van der Waals surface area contributed by atoms with Crippen LogP contribution in [0.25, 0.3) is 0 Å². The van der Waals surface area contributed by atoms with Gasteiger partial charge in [-0.15, -0.1) is 0 Å². The second-order valence-corrected chi connectivity index (χ2v) is 7.90. The molecule has 0 bridgehead atoms. The maximum Gasteiger partial charge on any atom is 0.240 e. The van der Waals surface area contributed by atoms with Gasteiger partial charge >= 0.3 is 0 Å². The van der Waals surface area contributed by atoms with Gasteiger partial charge in [0.15, 0.2) is 0 Å². The first-order chi connectivity index (χ1) is 9.35. The third-order valence-corrected chi connectivity index (χ3v) is 5.42. The Balaban J connectivity index is 2.59. The second-order valence-electron chi connectivity index (χ2n) is 5.62. The third kappa shape index (κ3) is 5.94. The molecule has 0 aliphatic heterocycles. The summed E-state index contributed by atoms with van der Waals surface area (Å²) in [6, 6.07) is 6.92. The lowest BCUT2D eigenvalue weighted by atomic mass is 10.0. The number of nitrogens with one attached hydrogen (secondary N) is 1. The van der Waals surface area contributed by atoms with Gasteiger partial charge in [-0.25, -0.2) is 13.1 Å². The predicted molar refractivity (Wildman–Crippen MR) is 87.5 cm³/mol. The van der Waals surface area contributed by atoms with Crippen LogP contribution in [0, 0.1) is 5.92 Å². The Hall–Kier alpha value is -0.390. The van der Waals surface area contributed by atoms with E-state index in [4.69, 9.17) is 0 Å². The fourth-order valence-corrected chi connectivity index (χ4v) is 3.63. The van der Waals surface area contributed by atoms with Crippen LogP contribution >= 0.6 is 15.9 Å². The SMILES string of the molecule is CC(C)CCCC(C)NS(=O)(=O)c1ccc(CBr)cc1. The molecule has 0 aliphatic rings. The molecule has 114 valence electrons. The number of alkyl halides is 1. The highest BCUT2D eigenvalue weighted by Crippen LogP contribution is 2.14. The van der Waals surface area contributed by atoms with E-state index in [1.54, 1.807) is 12.1 Å². The molecule has 0 spiro atoms. The van der Waals surface area contributed by atoms with E-state index in [1.807, 2.05) is 19.1 Å². The molecule has 0 saturated carbocycles. The first kappa shape index (κ1) is 17.7. The highest BCUT2D eigenvalue weighted by molar-refractivity contribution is 9.08. The molecule has 5 heteroatoms. The standard InChI is InChI=1S/C15H24BrNO2S/c1-12(2)5-4-6-13(3)17-20(18,19)15-9-7-14(11-16)8-10-15/h7-10,12-13,17H,4-6,11H2,1-3H3. The smallest absolute Gasteiger partial charge is 0.208 e. The number of rotatable bonds is 8. The number of halogens is 1. The van der Waals surface area contributed by atoms with Crippen molar-refractivity contribution >= 4 is 26.0 Å². The highest BCUT2D eigenvalue weighted by Gasteiger charge is 2.17. The van der Waals surface area contributed by atoms with Crippen molar-refractivity contribution in [3.8, 4) is 0 Å². The minimum absolute atomic E-state index is 0.0328. The zero-order chi connectivity index (χ0) is 15.2. The molecule has 1 aromatic carbocycles. The van der Waals surface area contributed by atoms with Gasteiger partial charge in [0, 0.05) is 11.4 Å². The number of benzene rings is 1. The fourth-order valence-electron chi connectivity index (χ4n) is 1.98. The largest absolute Gasteiger partial charge is 0.240 e. The van der Waals surface area contributed by atoms with E-state index >= 15 is 0 Å². The van der Waals surface area contributed by atoms with Gasteiger partial charge in [-0.05, 0) is 37.0 Å². The normalized spacial score (nSPS) is 13.7. The predicted octanol–water partition coefficient (Wildman–Crippen LogP) is 4.07. The lowest BCUT2D eigenvalue weighted by Crippen LogP contribution is -2.32. The average Bonchev–Trinajstić information content (AvgIpc) is 2.37. The van der Waals surface area contributed by atoms with Crippen molar-refractivity contribution in [3.05, 3.63) is 29.8 Å². The summed E-state index contributed by atoms with van der Waals surface area (Å²) >= 11 is 3.35. The van der Waals surface area contributed by atoms with Crippen molar-refractivity contribution in [2.45, 2.75) is 56.3 Å². The molecule has 0 aliphatic carbocycles. The fraction of sp³-hybridized carbons (Fsp3) is 0.600. The molecule has 0 fully saturated rings. The number of hydrogen-bond acceptors (Lipinski definition) is 2. The monoisotopic (exact) mass is 361 g/mol. The molecule has 20 heavy (non-hydrogen) atoms. The van der Waals surface area contributed by atoms with E-state index in [-0.39, 0.29) is 6.04 Å². The van der Waals surface area contributed by atoms with Crippen LogP contribution < -0.4 is 4.72 Å². The summed E-state index contributed by atoms with van der Waals surface area (Å²) in [6.45, 7) is 6.28. The molecule has 1 unspecified atom stereocenters. The maximum absolute atomic E-state index is 12.2. The van der Waals surface area contributed by atoms with Crippen LogP contribution in [-0.4, -0.2) is 14.5 Å². The summed E-state index contributed by atoms with van der Waals surface area (Å²) in [6.07, 6.45) is 3.05. The Kier molecular flexibility index (Phi) is 7.20. The van der Waals surface area contributed by atoms with Gasteiger partial charge in [-0.1, -0.05) is 54.8 Å². The van der Waals surface area contributed by atoms with E-state index in [1.165, 1.54) is 0 Å². The van der Waals surface area contributed by atoms with E-state index in [2.05, 4.69) is 34.5 Å².